The summed E-state index contributed by atoms with van der Waals surface area (Å²) in [5.41, 5.74) is 0.981. The Morgan fingerprint density at radius 3 is 2.92 bits per heavy atom. The molecule has 6 heteroatoms. The van der Waals surface area contributed by atoms with Crippen LogP contribution in [0.3, 0.4) is 0 Å². The van der Waals surface area contributed by atoms with Gasteiger partial charge in [0.15, 0.2) is 0 Å². The van der Waals surface area contributed by atoms with Crippen molar-refractivity contribution in [1.82, 2.24) is 9.47 Å². The molecule has 2 aromatic rings. The number of aromatic nitrogens is 1. The number of para-hydroxylation sites is 1. The number of amides is 1. The molecule has 0 radical (unpaired) electrons. The number of hydrogen-bond acceptors (Lipinski definition) is 4. The molecule has 2 aliphatic rings. The van der Waals surface area contributed by atoms with Crippen LogP contribution in [0, 0.1) is 11.3 Å². The first-order valence-corrected chi connectivity index (χ1v) is 8.06. The average molecular weight is 328 g/mol. The maximum atomic E-state index is 13.1. The third-order valence-electron chi connectivity index (χ3n) is 5.38. The molecule has 1 amide bonds. The van der Waals surface area contributed by atoms with Gasteiger partial charge in [0.25, 0.3) is 5.91 Å². The van der Waals surface area contributed by atoms with Gasteiger partial charge in [-0.2, -0.15) is 0 Å². The number of carbonyl (C=O) groups is 2. The minimum atomic E-state index is -0.713. The van der Waals surface area contributed by atoms with E-state index in [2.05, 4.69) is 0 Å². The van der Waals surface area contributed by atoms with Crippen molar-refractivity contribution in [2.45, 2.75) is 0 Å². The second-order valence-electron chi connectivity index (χ2n) is 6.72. The smallest absolute Gasteiger partial charge is 0.316 e. The first kappa shape index (κ1) is 15.2. The molecule has 126 valence electrons. The topological polar surface area (TPSA) is 60.8 Å². The minimum Gasteiger partial charge on any atom is -0.468 e. The predicted octanol–water partition coefficient (Wildman–Crippen LogP) is 1.44. The van der Waals surface area contributed by atoms with Gasteiger partial charge in [-0.25, -0.2) is 0 Å². The Morgan fingerprint density at radius 1 is 1.33 bits per heavy atom. The van der Waals surface area contributed by atoms with E-state index in [1.165, 1.54) is 7.11 Å². The molecule has 0 N–H and O–H groups in total. The van der Waals surface area contributed by atoms with Crippen molar-refractivity contribution in [2.24, 2.45) is 18.4 Å². The van der Waals surface area contributed by atoms with E-state index in [1.54, 1.807) is 4.90 Å². The SMILES string of the molecule is COC(=O)[C@@]12COC[C@@H]1CN(C(=O)c1cn(C)c3ccccc13)C2. The van der Waals surface area contributed by atoms with Gasteiger partial charge in [-0.3, -0.25) is 9.59 Å². The summed E-state index contributed by atoms with van der Waals surface area (Å²) in [5.74, 6) is -0.313. The molecular weight excluding hydrogens is 308 g/mol. The molecule has 0 saturated carbocycles. The van der Waals surface area contributed by atoms with Gasteiger partial charge in [-0.1, -0.05) is 18.2 Å². The summed E-state index contributed by atoms with van der Waals surface area (Å²) in [6, 6.07) is 7.84. The van der Waals surface area contributed by atoms with Gasteiger partial charge in [0.05, 0.1) is 25.9 Å². The number of benzene rings is 1. The lowest BCUT2D eigenvalue weighted by Crippen LogP contribution is -2.41. The number of hydrogen-bond donors (Lipinski definition) is 0. The van der Waals surface area contributed by atoms with Gasteiger partial charge in [-0.15, -0.1) is 0 Å². The van der Waals surface area contributed by atoms with Crippen LogP contribution in [0.15, 0.2) is 30.5 Å². The van der Waals surface area contributed by atoms with Crippen molar-refractivity contribution in [3.8, 4) is 0 Å². The van der Waals surface area contributed by atoms with Crippen LogP contribution in [-0.4, -0.2) is 54.8 Å². The van der Waals surface area contributed by atoms with E-state index < -0.39 is 5.41 Å². The Bertz CT molecular complexity index is 828. The summed E-state index contributed by atoms with van der Waals surface area (Å²) in [4.78, 5) is 27.1. The number of methoxy groups -OCH3 is 1. The highest BCUT2D eigenvalue weighted by atomic mass is 16.5. The molecule has 0 bridgehead atoms. The molecule has 2 fully saturated rings. The fraction of sp³-hybridized carbons (Fsp3) is 0.444. The highest BCUT2D eigenvalue weighted by molar-refractivity contribution is 6.07. The molecule has 2 atom stereocenters. The van der Waals surface area contributed by atoms with Crippen LogP contribution in [0.4, 0.5) is 0 Å². The highest BCUT2D eigenvalue weighted by Gasteiger charge is 2.57. The highest BCUT2D eigenvalue weighted by Crippen LogP contribution is 2.43. The maximum Gasteiger partial charge on any atom is 0.316 e. The van der Waals surface area contributed by atoms with E-state index in [0.717, 1.165) is 10.9 Å². The quantitative estimate of drug-likeness (QED) is 0.783. The Balaban J connectivity index is 1.67. The molecule has 1 aromatic carbocycles. The van der Waals surface area contributed by atoms with Gasteiger partial charge in [-0.05, 0) is 6.07 Å². The average Bonchev–Trinajstić information content (AvgIpc) is 3.25. The number of likely N-dealkylation sites (tertiary alicyclic amines) is 1. The van der Waals surface area contributed by atoms with E-state index >= 15 is 0 Å². The number of fused-ring (bicyclic) bond motifs is 2. The lowest BCUT2D eigenvalue weighted by molar-refractivity contribution is -0.153. The van der Waals surface area contributed by atoms with E-state index in [-0.39, 0.29) is 17.8 Å². The third-order valence-corrected chi connectivity index (χ3v) is 5.38. The van der Waals surface area contributed by atoms with Gasteiger partial charge in [0, 0.05) is 43.2 Å². The fourth-order valence-corrected chi connectivity index (χ4v) is 4.06. The summed E-state index contributed by atoms with van der Waals surface area (Å²) in [6.45, 7) is 1.70. The van der Waals surface area contributed by atoms with Crippen LogP contribution in [0.25, 0.3) is 10.9 Å². The summed E-state index contributed by atoms with van der Waals surface area (Å²) in [7, 11) is 3.32. The predicted molar refractivity (Wildman–Crippen MR) is 87.6 cm³/mol. The molecular formula is C18H20N2O4. The van der Waals surface area contributed by atoms with Crippen molar-refractivity contribution in [2.75, 3.05) is 33.4 Å². The van der Waals surface area contributed by atoms with Crippen LogP contribution < -0.4 is 0 Å². The zero-order valence-electron chi connectivity index (χ0n) is 13.8. The zero-order valence-corrected chi connectivity index (χ0v) is 13.8. The molecule has 2 aliphatic heterocycles. The fourth-order valence-electron chi connectivity index (χ4n) is 4.06. The van der Waals surface area contributed by atoms with E-state index in [0.29, 0.717) is 31.9 Å². The number of rotatable bonds is 2. The monoisotopic (exact) mass is 328 g/mol. The summed E-state index contributed by atoms with van der Waals surface area (Å²) >= 11 is 0. The van der Waals surface area contributed by atoms with Crippen LogP contribution in [0.1, 0.15) is 10.4 Å². The Hall–Kier alpha value is -2.34. The minimum absolute atomic E-state index is 0.00359. The molecule has 1 aromatic heterocycles. The number of esters is 1. The lowest BCUT2D eigenvalue weighted by Gasteiger charge is -2.23. The summed E-state index contributed by atoms with van der Waals surface area (Å²) < 4.78 is 12.4. The van der Waals surface area contributed by atoms with Gasteiger partial charge < -0.3 is 18.9 Å². The Morgan fingerprint density at radius 2 is 2.12 bits per heavy atom. The molecule has 0 spiro atoms. The number of aryl methyl sites for hydroxylation is 1. The second-order valence-corrected chi connectivity index (χ2v) is 6.72. The van der Waals surface area contributed by atoms with E-state index in [1.807, 2.05) is 42.1 Å². The molecule has 2 saturated heterocycles. The number of ether oxygens (including phenoxy) is 2. The standard InChI is InChI=1S/C18H20N2O4/c1-19-8-14(13-5-3-4-6-15(13)19)16(21)20-7-12-9-24-11-18(12,10-20)17(22)23-2/h3-6,8,12H,7,9-11H2,1-2H3/t12-,18-/m0/s1. The zero-order chi connectivity index (χ0) is 16.9. The van der Waals surface area contributed by atoms with Crippen LogP contribution in [-0.2, 0) is 21.3 Å². The number of nitrogens with zero attached hydrogens (tertiary/aromatic N) is 2. The molecule has 0 aliphatic carbocycles. The van der Waals surface area contributed by atoms with Crippen molar-refractivity contribution >= 4 is 22.8 Å². The van der Waals surface area contributed by atoms with Gasteiger partial charge >= 0.3 is 5.97 Å². The van der Waals surface area contributed by atoms with E-state index in [4.69, 9.17) is 9.47 Å². The lowest BCUT2D eigenvalue weighted by atomic mass is 9.81. The molecule has 3 heterocycles. The Kier molecular flexibility index (Phi) is 3.38. The van der Waals surface area contributed by atoms with Crippen LogP contribution in [0.2, 0.25) is 0 Å². The second kappa shape index (κ2) is 5.34. The van der Waals surface area contributed by atoms with E-state index in [9.17, 15) is 9.59 Å². The normalized spacial score (nSPS) is 25.9. The molecule has 6 nitrogen and oxygen atoms in total. The van der Waals surface area contributed by atoms with Gasteiger partial charge in [0.2, 0.25) is 0 Å². The Labute approximate surface area is 139 Å². The van der Waals surface area contributed by atoms with Crippen LogP contribution in [0.5, 0.6) is 0 Å². The molecule has 4 rings (SSSR count). The summed E-state index contributed by atoms with van der Waals surface area (Å²) in [5, 5.41) is 0.936. The van der Waals surface area contributed by atoms with Crippen molar-refractivity contribution in [1.29, 1.82) is 0 Å². The largest absolute Gasteiger partial charge is 0.468 e. The summed E-state index contributed by atoms with van der Waals surface area (Å²) in [6.07, 6.45) is 1.86. The first-order valence-electron chi connectivity index (χ1n) is 8.06. The molecule has 24 heavy (non-hydrogen) atoms. The third kappa shape index (κ3) is 1.99. The molecule has 0 unspecified atom stereocenters. The van der Waals surface area contributed by atoms with Gasteiger partial charge in [0.1, 0.15) is 5.41 Å². The maximum absolute atomic E-state index is 13.1. The first-order chi connectivity index (χ1) is 11.6. The van der Waals surface area contributed by atoms with Crippen molar-refractivity contribution in [3.05, 3.63) is 36.0 Å². The van der Waals surface area contributed by atoms with Crippen LogP contribution >= 0.6 is 0 Å². The van der Waals surface area contributed by atoms with Crippen molar-refractivity contribution in [3.63, 3.8) is 0 Å². The van der Waals surface area contributed by atoms with Crippen molar-refractivity contribution < 1.29 is 19.1 Å². The number of carbonyl (C=O) groups excluding carboxylic acids is 2.